The average molecular weight is 270 g/mol. The van der Waals surface area contributed by atoms with Crippen LogP contribution in [-0.4, -0.2) is 20.9 Å². The number of aryl methyl sites for hydroxylation is 1. The van der Waals surface area contributed by atoms with E-state index in [2.05, 4.69) is 21.0 Å². The molecule has 0 aliphatic carbocycles. The first-order valence-electron chi connectivity index (χ1n) is 4.15. The number of rotatable bonds is 1. The van der Waals surface area contributed by atoms with Gasteiger partial charge in [-0.3, -0.25) is 4.68 Å². The third-order valence-corrected chi connectivity index (χ3v) is 2.71. The summed E-state index contributed by atoms with van der Waals surface area (Å²) < 4.78 is 2.25. The number of carboxylic acid groups (broad SMARTS) is 1. The molecule has 2 rings (SSSR count). The first-order chi connectivity index (χ1) is 7.00. The van der Waals surface area contributed by atoms with Crippen LogP contribution in [0.2, 0.25) is 0 Å². The Labute approximate surface area is 93.6 Å². The van der Waals surface area contributed by atoms with Crippen LogP contribution in [0, 0.1) is 0 Å². The van der Waals surface area contributed by atoms with Crippen LogP contribution in [0.5, 0.6) is 0 Å². The van der Waals surface area contributed by atoms with Crippen molar-refractivity contribution < 1.29 is 9.90 Å². The minimum absolute atomic E-state index is 0.0984. The summed E-state index contributed by atoms with van der Waals surface area (Å²) in [5.74, 6) is -1.04. The predicted octanol–water partition coefficient (Wildman–Crippen LogP) is 1.62. The standard InChI is InChI=1S/C9H8BrN3O2/c1-13-3-4-7(9(14)15)6(11)2-5(10)8(4)12-13/h2-3H,11H2,1H3,(H,14,15). The lowest BCUT2D eigenvalue weighted by Crippen LogP contribution is -2.03. The average Bonchev–Trinajstić information content (AvgIpc) is 2.45. The number of nitrogens with two attached hydrogens (primary N) is 1. The van der Waals surface area contributed by atoms with Gasteiger partial charge in [-0.25, -0.2) is 4.79 Å². The Morgan fingerprint density at radius 1 is 1.67 bits per heavy atom. The third-order valence-electron chi connectivity index (χ3n) is 2.11. The summed E-state index contributed by atoms with van der Waals surface area (Å²) in [6.45, 7) is 0. The minimum Gasteiger partial charge on any atom is -0.478 e. The fraction of sp³-hybridized carbons (Fsp3) is 0.111. The van der Waals surface area contributed by atoms with Crippen molar-refractivity contribution in [1.82, 2.24) is 9.78 Å². The van der Waals surface area contributed by atoms with Gasteiger partial charge >= 0.3 is 5.97 Å². The molecule has 78 valence electrons. The van der Waals surface area contributed by atoms with Crippen LogP contribution >= 0.6 is 15.9 Å². The zero-order valence-corrected chi connectivity index (χ0v) is 9.45. The first-order valence-corrected chi connectivity index (χ1v) is 4.94. The molecule has 0 saturated heterocycles. The van der Waals surface area contributed by atoms with Gasteiger partial charge in [-0.15, -0.1) is 0 Å². The summed E-state index contributed by atoms with van der Waals surface area (Å²) >= 11 is 3.30. The number of halogens is 1. The lowest BCUT2D eigenvalue weighted by atomic mass is 10.1. The molecule has 15 heavy (non-hydrogen) atoms. The Kier molecular flexibility index (Phi) is 2.15. The summed E-state index contributed by atoms with van der Waals surface area (Å²) in [5.41, 5.74) is 6.58. The molecule has 0 aliphatic rings. The number of carboxylic acids is 1. The van der Waals surface area contributed by atoms with E-state index in [1.807, 2.05) is 0 Å². The van der Waals surface area contributed by atoms with E-state index < -0.39 is 5.97 Å². The maximum atomic E-state index is 11.0. The maximum Gasteiger partial charge on any atom is 0.338 e. The Balaban J connectivity index is 2.95. The number of aromatic carboxylic acids is 1. The van der Waals surface area contributed by atoms with E-state index in [1.54, 1.807) is 24.0 Å². The van der Waals surface area contributed by atoms with Crippen LogP contribution in [0.4, 0.5) is 5.69 Å². The summed E-state index contributed by atoms with van der Waals surface area (Å²) in [5, 5.41) is 13.7. The van der Waals surface area contributed by atoms with Crippen molar-refractivity contribution in [3.63, 3.8) is 0 Å². The van der Waals surface area contributed by atoms with E-state index in [4.69, 9.17) is 10.8 Å². The highest BCUT2D eigenvalue weighted by molar-refractivity contribution is 9.10. The van der Waals surface area contributed by atoms with Crippen LogP contribution in [0.3, 0.4) is 0 Å². The van der Waals surface area contributed by atoms with E-state index in [0.717, 1.165) is 0 Å². The molecule has 1 aromatic carbocycles. The molecule has 6 heteroatoms. The normalized spacial score (nSPS) is 10.8. The zero-order valence-electron chi connectivity index (χ0n) is 7.86. The molecule has 0 spiro atoms. The van der Waals surface area contributed by atoms with Crippen molar-refractivity contribution in [3.05, 3.63) is 22.3 Å². The predicted molar refractivity (Wildman–Crippen MR) is 59.8 cm³/mol. The zero-order chi connectivity index (χ0) is 11.2. The van der Waals surface area contributed by atoms with Crippen LogP contribution in [0.25, 0.3) is 10.9 Å². The van der Waals surface area contributed by atoms with Gasteiger partial charge in [-0.1, -0.05) is 0 Å². The largest absolute Gasteiger partial charge is 0.478 e. The van der Waals surface area contributed by atoms with E-state index in [1.165, 1.54) is 0 Å². The summed E-state index contributed by atoms with van der Waals surface area (Å²) in [4.78, 5) is 11.0. The molecule has 3 N–H and O–H groups in total. The number of benzene rings is 1. The molecule has 5 nitrogen and oxygen atoms in total. The van der Waals surface area contributed by atoms with Gasteiger partial charge in [0.1, 0.15) is 5.52 Å². The number of hydrogen-bond donors (Lipinski definition) is 2. The molecule has 0 bridgehead atoms. The van der Waals surface area contributed by atoms with Crippen LogP contribution in [-0.2, 0) is 7.05 Å². The van der Waals surface area contributed by atoms with Gasteiger partial charge < -0.3 is 10.8 Å². The van der Waals surface area contributed by atoms with E-state index in [-0.39, 0.29) is 11.3 Å². The number of carbonyl (C=O) groups is 1. The van der Waals surface area contributed by atoms with Crippen LogP contribution < -0.4 is 5.73 Å². The molecule has 1 aromatic heterocycles. The van der Waals surface area contributed by atoms with Crippen LogP contribution in [0.1, 0.15) is 10.4 Å². The van der Waals surface area contributed by atoms with E-state index >= 15 is 0 Å². The highest BCUT2D eigenvalue weighted by atomic mass is 79.9. The molecular weight excluding hydrogens is 262 g/mol. The molecule has 0 saturated carbocycles. The fourth-order valence-electron chi connectivity index (χ4n) is 1.52. The van der Waals surface area contributed by atoms with Crippen molar-refractivity contribution in [3.8, 4) is 0 Å². The van der Waals surface area contributed by atoms with Gasteiger partial charge in [0, 0.05) is 28.8 Å². The van der Waals surface area contributed by atoms with E-state index in [0.29, 0.717) is 15.4 Å². The Hall–Kier alpha value is -1.56. The lowest BCUT2D eigenvalue weighted by Gasteiger charge is -2.02. The van der Waals surface area contributed by atoms with Crippen LogP contribution in [0.15, 0.2) is 16.7 Å². The maximum absolute atomic E-state index is 11.0. The van der Waals surface area contributed by atoms with Crippen molar-refractivity contribution in [2.75, 3.05) is 5.73 Å². The second-order valence-electron chi connectivity index (χ2n) is 3.19. The highest BCUT2D eigenvalue weighted by Gasteiger charge is 2.17. The highest BCUT2D eigenvalue weighted by Crippen LogP contribution is 2.30. The molecule has 0 radical (unpaired) electrons. The summed E-state index contributed by atoms with van der Waals surface area (Å²) in [6.07, 6.45) is 1.64. The molecule has 2 aromatic rings. The summed E-state index contributed by atoms with van der Waals surface area (Å²) in [7, 11) is 1.73. The second-order valence-corrected chi connectivity index (χ2v) is 4.05. The fourth-order valence-corrected chi connectivity index (χ4v) is 2.06. The number of anilines is 1. The van der Waals surface area contributed by atoms with Gasteiger partial charge in [0.05, 0.1) is 5.56 Å². The smallest absolute Gasteiger partial charge is 0.338 e. The van der Waals surface area contributed by atoms with Gasteiger partial charge in [-0.2, -0.15) is 5.10 Å². The minimum atomic E-state index is -1.04. The van der Waals surface area contributed by atoms with Crippen molar-refractivity contribution in [2.45, 2.75) is 0 Å². The van der Waals surface area contributed by atoms with Gasteiger partial charge in [0.15, 0.2) is 0 Å². The molecule has 1 heterocycles. The molecule has 0 atom stereocenters. The molecule has 0 amide bonds. The Morgan fingerprint density at radius 2 is 2.33 bits per heavy atom. The number of nitrogens with zero attached hydrogens (tertiary/aromatic N) is 2. The SMILES string of the molecule is Cn1cc2c(C(=O)O)c(N)cc(Br)c2n1. The quantitative estimate of drug-likeness (QED) is 0.771. The van der Waals surface area contributed by atoms with Crippen molar-refractivity contribution in [2.24, 2.45) is 7.05 Å². The third kappa shape index (κ3) is 1.46. The molecule has 0 fully saturated rings. The van der Waals surface area contributed by atoms with Gasteiger partial charge in [0.25, 0.3) is 0 Å². The monoisotopic (exact) mass is 269 g/mol. The number of hydrogen-bond acceptors (Lipinski definition) is 3. The molecule has 0 aliphatic heterocycles. The summed E-state index contributed by atoms with van der Waals surface area (Å²) in [6, 6.07) is 1.55. The number of nitrogen functional groups attached to an aromatic ring is 1. The number of aromatic nitrogens is 2. The number of fused-ring (bicyclic) bond motifs is 1. The molecular formula is C9H8BrN3O2. The Morgan fingerprint density at radius 3 is 2.93 bits per heavy atom. The second kappa shape index (κ2) is 3.23. The first kappa shape index (κ1) is 9.97. The molecule has 0 unspecified atom stereocenters. The van der Waals surface area contributed by atoms with E-state index in [9.17, 15) is 4.79 Å². The van der Waals surface area contributed by atoms with Crippen molar-refractivity contribution in [1.29, 1.82) is 0 Å². The Bertz CT molecular complexity index is 562. The van der Waals surface area contributed by atoms with Gasteiger partial charge in [-0.05, 0) is 22.0 Å². The topological polar surface area (TPSA) is 81.1 Å². The van der Waals surface area contributed by atoms with Gasteiger partial charge in [0.2, 0.25) is 0 Å². The van der Waals surface area contributed by atoms with Crippen molar-refractivity contribution >= 4 is 38.5 Å². The lowest BCUT2D eigenvalue weighted by molar-refractivity contribution is 0.0700.